The van der Waals surface area contributed by atoms with Gasteiger partial charge in [0.25, 0.3) is 0 Å². The quantitative estimate of drug-likeness (QED) is 0.633. The molecule has 0 bridgehead atoms. The molecular formula is C19H25BrN6OS. The molecule has 0 spiro atoms. The average Bonchev–Trinajstić information content (AvgIpc) is 3.46. The van der Waals surface area contributed by atoms with E-state index in [1.54, 1.807) is 0 Å². The van der Waals surface area contributed by atoms with Crippen LogP contribution in [-0.4, -0.2) is 51.5 Å². The molecule has 1 aromatic heterocycles. The summed E-state index contributed by atoms with van der Waals surface area (Å²) in [4.78, 5) is 14.7. The summed E-state index contributed by atoms with van der Waals surface area (Å²) >= 11 is 4.96. The molecule has 1 aromatic carbocycles. The third-order valence-corrected chi connectivity index (χ3v) is 6.94. The molecule has 150 valence electrons. The number of nitrogens with one attached hydrogen (secondary N) is 1. The van der Waals surface area contributed by atoms with Gasteiger partial charge in [-0.1, -0.05) is 46.6 Å². The second-order valence-corrected chi connectivity index (χ2v) is 9.38. The van der Waals surface area contributed by atoms with E-state index in [0.717, 1.165) is 48.5 Å². The lowest BCUT2D eigenvalue weighted by Crippen LogP contribution is -2.32. The fraction of sp³-hybridized carbons (Fsp3) is 0.579. The number of halogens is 1. The summed E-state index contributed by atoms with van der Waals surface area (Å²) in [5.74, 6) is 0.887. The first kappa shape index (κ1) is 19.7. The highest BCUT2D eigenvalue weighted by atomic mass is 79.9. The lowest BCUT2D eigenvalue weighted by atomic mass is 10.1. The molecule has 1 unspecified atom stereocenters. The maximum atomic E-state index is 12.3. The Hall–Kier alpha value is -1.61. The van der Waals surface area contributed by atoms with Gasteiger partial charge in [0, 0.05) is 29.8 Å². The molecule has 1 amide bonds. The SMILES string of the molecule is O=C(CSc1nnnn1C1CCCC1)NCC1CCN(c2cccc(Br)c2)C1. The van der Waals surface area contributed by atoms with E-state index in [0.29, 0.717) is 17.7 Å². The first-order valence-electron chi connectivity index (χ1n) is 9.87. The van der Waals surface area contributed by atoms with Crippen LogP contribution >= 0.6 is 27.7 Å². The normalized spacial score (nSPS) is 20.0. The van der Waals surface area contributed by atoms with Crippen molar-refractivity contribution < 1.29 is 4.79 Å². The van der Waals surface area contributed by atoms with Crippen LogP contribution < -0.4 is 10.2 Å². The summed E-state index contributed by atoms with van der Waals surface area (Å²) in [7, 11) is 0. The van der Waals surface area contributed by atoms with E-state index in [1.807, 2.05) is 10.7 Å². The summed E-state index contributed by atoms with van der Waals surface area (Å²) < 4.78 is 3.00. The molecule has 2 heterocycles. The molecule has 4 rings (SSSR count). The zero-order valence-electron chi connectivity index (χ0n) is 15.8. The van der Waals surface area contributed by atoms with E-state index in [9.17, 15) is 4.79 Å². The topological polar surface area (TPSA) is 75.9 Å². The largest absolute Gasteiger partial charge is 0.371 e. The summed E-state index contributed by atoms with van der Waals surface area (Å²) in [5.41, 5.74) is 1.23. The number of amides is 1. The second kappa shape index (κ2) is 9.26. The van der Waals surface area contributed by atoms with Crippen molar-refractivity contribution in [2.45, 2.75) is 43.3 Å². The Bertz CT molecular complexity index is 809. The fourth-order valence-corrected chi connectivity index (χ4v) is 5.17. The molecule has 1 N–H and O–H groups in total. The number of benzene rings is 1. The highest BCUT2D eigenvalue weighted by molar-refractivity contribution is 9.10. The molecule has 1 aliphatic carbocycles. The fourth-order valence-electron chi connectivity index (χ4n) is 4.00. The van der Waals surface area contributed by atoms with Crippen LogP contribution in [0.4, 0.5) is 5.69 Å². The molecule has 2 aliphatic rings. The number of thioether (sulfide) groups is 1. The van der Waals surface area contributed by atoms with Gasteiger partial charge in [-0.05, 0) is 53.8 Å². The molecule has 28 heavy (non-hydrogen) atoms. The number of rotatable bonds is 7. The van der Waals surface area contributed by atoms with Gasteiger partial charge in [0.1, 0.15) is 0 Å². The maximum Gasteiger partial charge on any atom is 0.230 e. The van der Waals surface area contributed by atoms with E-state index in [2.05, 4.69) is 59.9 Å². The van der Waals surface area contributed by atoms with Crippen LogP contribution in [0.5, 0.6) is 0 Å². The minimum Gasteiger partial charge on any atom is -0.371 e. The number of hydrogen-bond donors (Lipinski definition) is 1. The lowest BCUT2D eigenvalue weighted by molar-refractivity contribution is -0.118. The lowest BCUT2D eigenvalue weighted by Gasteiger charge is -2.19. The maximum absolute atomic E-state index is 12.3. The minimum absolute atomic E-state index is 0.0480. The molecule has 1 atom stereocenters. The van der Waals surface area contributed by atoms with E-state index < -0.39 is 0 Å². The van der Waals surface area contributed by atoms with E-state index >= 15 is 0 Å². The van der Waals surface area contributed by atoms with Crippen LogP contribution in [0.3, 0.4) is 0 Å². The smallest absolute Gasteiger partial charge is 0.230 e. The summed E-state index contributed by atoms with van der Waals surface area (Å²) in [5, 5.41) is 15.9. The Kier molecular flexibility index (Phi) is 6.51. The summed E-state index contributed by atoms with van der Waals surface area (Å²) in [6.45, 7) is 2.73. The van der Waals surface area contributed by atoms with Gasteiger partial charge in [-0.2, -0.15) is 0 Å². The van der Waals surface area contributed by atoms with Gasteiger partial charge in [0.05, 0.1) is 11.8 Å². The molecule has 7 nitrogen and oxygen atoms in total. The monoisotopic (exact) mass is 464 g/mol. The van der Waals surface area contributed by atoms with Crippen LogP contribution in [0.15, 0.2) is 33.9 Å². The van der Waals surface area contributed by atoms with Crippen molar-refractivity contribution in [3.05, 3.63) is 28.7 Å². The molecule has 1 saturated heterocycles. The van der Waals surface area contributed by atoms with Crippen LogP contribution in [0.2, 0.25) is 0 Å². The van der Waals surface area contributed by atoms with Gasteiger partial charge in [-0.25, -0.2) is 4.68 Å². The number of tetrazole rings is 1. The first-order valence-corrected chi connectivity index (χ1v) is 11.6. The number of aromatic nitrogens is 4. The molecule has 9 heteroatoms. The van der Waals surface area contributed by atoms with Gasteiger partial charge in [0.15, 0.2) is 0 Å². The molecule has 2 fully saturated rings. The number of nitrogens with zero attached hydrogens (tertiary/aromatic N) is 5. The van der Waals surface area contributed by atoms with Crippen molar-refractivity contribution in [3.63, 3.8) is 0 Å². The van der Waals surface area contributed by atoms with Crippen molar-refractivity contribution in [3.8, 4) is 0 Å². The standard InChI is InChI=1S/C19H25BrN6OS/c20-15-4-3-7-17(10-15)25-9-8-14(12-25)11-21-18(27)13-28-19-22-23-24-26(19)16-5-1-2-6-16/h3-4,7,10,14,16H,1-2,5-6,8-9,11-13H2,(H,21,27). The number of carbonyl (C=O) groups excluding carboxylic acids is 1. The number of anilines is 1. The van der Waals surface area contributed by atoms with E-state index in [1.165, 1.54) is 30.3 Å². The zero-order chi connectivity index (χ0) is 19.3. The van der Waals surface area contributed by atoms with Crippen LogP contribution in [0.25, 0.3) is 0 Å². The number of carbonyl (C=O) groups is 1. The van der Waals surface area contributed by atoms with Crippen LogP contribution in [-0.2, 0) is 4.79 Å². The zero-order valence-corrected chi connectivity index (χ0v) is 18.2. The van der Waals surface area contributed by atoms with Crippen LogP contribution in [0, 0.1) is 5.92 Å². The number of hydrogen-bond acceptors (Lipinski definition) is 6. The van der Waals surface area contributed by atoms with Gasteiger partial charge >= 0.3 is 0 Å². The molecule has 1 saturated carbocycles. The van der Waals surface area contributed by atoms with Gasteiger partial charge in [0.2, 0.25) is 11.1 Å². The van der Waals surface area contributed by atoms with Crippen molar-refractivity contribution in [1.29, 1.82) is 0 Å². The molecule has 2 aromatic rings. The third-order valence-electron chi connectivity index (χ3n) is 5.51. The van der Waals surface area contributed by atoms with Gasteiger partial charge in [-0.3, -0.25) is 4.79 Å². The Morgan fingerprint density at radius 3 is 2.96 bits per heavy atom. The first-order chi connectivity index (χ1) is 13.7. The Morgan fingerprint density at radius 1 is 1.29 bits per heavy atom. The Balaban J connectivity index is 1.21. The third kappa shape index (κ3) is 4.86. The Morgan fingerprint density at radius 2 is 2.14 bits per heavy atom. The highest BCUT2D eigenvalue weighted by Crippen LogP contribution is 2.31. The van der Waals surface area contributed by atoms with Crippen LogP contribution in [0.1, 0.15) is 38.1 Å². The second-order valence-electron chi connectivity index (χ2n) is 7.52. The van der Waals surface area contributed by atoms with Gasteiger partial charge < -0.3 is 10.2 Å². The molecular weight excluding hydrogens is 440 g/mol. The van der Waals surface area contributed by atoms with E-state index in [-0.39, 0.29) is 5.91 Å². The summed E-state index contributed by atoms with van der Waals surface area (Å²) in [6, 6.07) is 8.77. The highest BCUT2D eigenvalue weighted by Gasteiger charge is 2.24. The predicted octanol–water partition coefficient (Wildman–Crippen LogP) is 3.29. The molecule has 1 aliphatic heterocycles. The van der Waals surface area contributed by atoms with Crippen molar-refractivity contribution in [1.82, 2.24) is 25.5 Å². The predicted molar refractivity (Wildman–Crippen MR) is 114 cm³/mol. The van der Waals surface area contributed by atoms with E-state index in [4.69, 9.17) is 0 Å². The van der Waals surface area contributed by atoms with Crippen molar-refractivity contribution in [2.24, 2.45) is 5.92 Å². The minimum atomic E-state index is 0.0480. The average molecular weight is 465 g/mol. The van der Waals surface area contributed by atoms with Crippen molar-refractivity contribution >= 4 is 39.3 Å². The van der Waals surface area contributed by atoms with Crippen molar-refractivity contribution in [2.75, 3.05) is 30.3 Å². The van der Waals surface area contributed by atoms with Gasteiger partial charge in [-0.15, -0.1) is 5.10 Å². The Labute approximate surface area is 177 Å². The molecule has 0 radical (unpaired) electrons. The summed E-state index contributed by atoms with van der Waals surface area (Å²) in [6.07, 6.45) is 5.81.